The van der Waals surface area contributed by atoms with Crippen LogP contribution in [0.5, 0.6) is 0 Å². The van der Waals surface area contributed by atoms with Gasteiger partial charge in [-0.2, -0.15) is 0 Å². The van der Waals surface area contributed by atoms with Crippen molar-refractivity contribution in [2.45, 2.75) is 90.7 Å². The van der Waals surface area contributed by atoms with Crippen LogP contribution in [0.2, 0.25) is 0 Å². The SMILES string of the molecule is CC(/C=C/C=C(\C)C(=O)O)=C\C=C\C=C(C)\C=C\C=C(/C)C(=O)O[C@@H]1O[C@H](CO[C@@H]2O[C@H](CO)[C@@H](O)[C@H](O)[C@H]2O)[C@@H](C)[C@H](C)[C@H]1O. The van der Waals surface area contributed by atoms with Crippen LogP contribution in [0, 0.1) is 11.8 Å². The second kappa shape index (κ2) is 18.8. The summed E-state index contributed by atoms with van der Waals surface area (Å²) in [5.74, 6) is -2.25. The normalized spacial score (nSPS) is 33.7. The highest BCUT2D eigenvalue weighted by molar-refractivity contribution is 5.88. The van der Waals surface area contributed by atoms with E-state index >= 15 is 0 Å². The van der Waals surface area contributed by atoms with Crippen molar-refractivity contribution in [3.63, 3.8) is 0 Å². The number of carbonyl (C=O) groups excluding carboxylic acids is 1. The Hall–Kier alpha value is -3.20. The highest BCUT2D eigenvalue weighted by atomic mass is 16.7. The minimum absolute atomic E-state index is 0.150. The van der Waals surface area contributed by atoms with Gasteiger partial charge in [-0.1, -0.05) is 85.8 Å². The molecule has 2 saturated heterocycles. The van der Waals surface area contributed by atoms with E-state index in [-0.39, 0.29) is 29.6 Å². The molecule has 2 fully saturated rings. The predicted octanol–water partition coefficient (Wildman–Crippen LogP) is 2.24. The first-order valence-corrected chi connectivity index (χ1v) is 15.1. The second-order valence-corrected chi connectivity index (χ2v) is 11.6. The Kier molecular flexibility index (Phi) is 16.0. The van der Waals surface area contributed by atoms with Crippen molar-refractivity contribution in [3.8, 4) is 0 Å². The van der Waals surface area contributed by atoms with Gasteiger partial charge >= 0.3 is 11.9 Å². The number of esters is 1. The van der Waals surface area contributed by atoms with Gasteiger partial charge in [0, 0.05) is 11.1 Å². The molecule has 0 bridgehead atoms. The Morgan fingerprint density at radius 3 is 1.76 bits per heavy atom. The maximum atomic E-state index is 12.8. The first-order valence-electron chi connectivity index (χ1n) is 15.1. The first-order chi connectivity index (χ1) is 21.7. The van der Waals surface area contributed by atoms with Gasteiger partial charge in [0.15, 0.2) is 6.29 Å². The zero-order valence-electron chi connectivity index (χ0n) is 27.1. The smallest absolute Gasteiger partial charge is 0.336 e. The van der Waals surface area contributed by atoms with Crippen LogP contribution in [0.25, 0.3) is 0 Å². The molecule has 2 rings (SSSR count). The Bertz CT molecular complexity index is 1240. The van der Waals surface area contributed by atoms with Gasteiger partial charge in [0.1, 0.15) is 30.5 Å². The van der Waals surface area contributed by atoms with Crippen LogP contribution in [0.1, 0.15) is 41.5 Å². The number of hydrogen-bond donors (Lipinski definition) is 6. The fourth-order valence-electron chi connectivity index (χ4n) is 4.51. The Morgan fingerprint density at radius 2 is 1.22 bits per heavy atom. The molecule has 2 aliphatic heterocycles. The van der Waals surface area contributed by atoms with E-state index in [2.05, 4.69) is 0 Å². The molecule has 0 aromatic heterocycles. The van der Waals surface area contributed by atoms with E-state index in [9.17, 15) is 35.1 Å². The van der Waals surface area contributed by atoms with Crippen LogP contribution in [-0.4, -0.2) is 105 Å². The van der Waals surface area contributed by atoms with Crippen LogP contribution in [0.4, 0.5) is 0 Å². The van der Waals surface area contributed by atoms with E-state index < -0.39 is 67.7 Å². The summed E-state index contributed by atoms with van der Waals surface area (Å²) in [5.41, 5.74) is 2.37. The van der Waals surface area contributed by atoms with Gasteiger partial charge in [-0.05, 0) is 39.5 Å². The molecular formula is C34H48O12. The number of hydrogen-bond acceptors (Lipinski definition) is 11. The summed E-state index contributed by atoms with van der Waals surface area (Å²) >= 11 is 0. The minimum atomic E-state index is -1.59. The number of rotatable bonds is 13. The van der Waals surface area contributed by atoms with Gasteiger partial charge < -0.3 is 49.6 Å². The number of ether oxygens (including phenoxy) is 4. The summed E-state index contributed by atoms with van der Waals surface area (Å²) in [6, 6.07) is 0. The molecule has 12 heteroatoms. The van der Waals surface area contributed by atoms with E-state index in [0.29, 0.717) is 0 Å². The number of allylic oxidation sites excluding steroid dienone is 12. The lowest BCUT2D eigenvalue weighted by Gasteiger charge is -2.43. The third-order valence-electron chi connectivity index (χ3n) is 7.94. The molecule has 12 nitrogen and oxygen atoms in total. The van der Waals surface area contributed by atoms with Crippen LogP contribution in [-0.2, 0) is 28.5 Å². The molecule has 46 heavy (non-hydrogen) atoms. The highest BCUT2D eigenvalue weighted by Gasteiger charge is 2.46. The third kappa shape index (κ3) is 11.6. The Balaban J connectivity index is 1.94. The van der Waals surface area contributed by atoms with Crippen molar-refractivity contribution in [2.75, 3.05) is 13.2 Å². The summed E-state index contributed by atoms with van der Waals surface area (Å²) in [6.07, 6.45) is 7.31. The average Bonchev–Trinajstić information content (AvgIpc) is 3.02. The monoisotopic (exact) mass is 648 g/mol. The van der Waals surface area contributed by atoms with E-state index in [1.807, 2.05) is 45.1 Å². The van der Waals surface area contributed by atoms with Gasteiger partial charge in [-0.15, -0.1) is 0 Å². The van der Waals surface area contributed by atoms with Crippen molar-refractivity contribution in [2.24, 2.45) is 11.8 Å². The lowest BCUT2D eigenvalue weighted by Crippen LogP contribution is -2.60. The summed E-state index contributed by atoms with van der Waals surface area (Å²) in [7, 11) is 0. The minimum Gasteiger partial charge on any atom is -0.478 e. The largest absolute Gasteiger partial charge is 0.478 e. The Morgan fingerprint density at radius 1 is 0.674 bits per heavy atom. The fourth-order valence-corrected chi connectivity index (χ4v) is 4.51. The second-order valence-electron chi connectivity index (χ2n) is 11.6. The summed E-state index contributed by atoms with van der Waals surface area (Å²) in [6.45, 7) is 9.74. The molecule has 0 aromatic rings. The highest BCUT2D eigenvalue weighted by Crippen LogP contribution is 2.33. The predicted molar refractivity (Wildman–Crippen MR) is 169 cm³/mol. The van der Waals surface area contributed by atoms with Crippen LogP contribution in [0.3, 0.4) is 0 Å². The number of aliphatic hydroxyl groups excluding tert-OH is 5. The molecule has 0 aromatic carbocycles. The molecule has 0 spiro atoms. The summed E-state index contributed by atoms with van der Waals surface area (Å²) < 4.78 is 22.4. The number of carboxylic acids is 1. The molecule has 0 unspecified atom stereocenters. The lowest BCUT2D eigenvalue weighted by molar-refractivity contribution is -0.318. The lowest BCUT2D eigenvalue weighted by atomic mass is 9.84. The fraction of sp³-hybridized carbons (Fsp3) is 0.529. The van der Waals surface area contributed by atoms with Crippen molar-refractivity contribution in [1.29, 1.82) is 0 Å². The average molecular weight is 649 g/mol. The van der Waals surface area contributed by atoms with Crippen LogP contribution >= 0.6 is 0 Å². The van der Waals surface area contributed by atoms with E-state index in [1.54, 1.807) is 44.2 Å². The molecular weight excluding hydrogens is 600 g/mol. The van der Waals surface area contributed by atoms with Gasteiger partial charge in [0.05, 0.1) is 19.3 Å². The molecule has 256 valence electrons. The van der Waals surface area contributed by atoms with Crippen LogP contribution < -0.4 is 0 Å². The van der Waals surface area contributed by atoms with Crippen LogP contribution in [0.15, 0.2) is 83.1 Å². The first kappa shape index (κ1) is 39.0. The molecule has 10 atom stereocenters. The maximum absolute atomic E-state index is 12.8. The molecule has 0 saturated carbocycles. The molecule has 6 N–H and O–H groups in total. The molecule has 2 heterocycles. The summed E-state index contributed by atoms with van der Waals surface area (Å²) in [5, 5.41) is 59.2. The Labute approximate surface area is 269 Å². The topological polar surface area (TPSA) is 192 Å². The quantitative estimate of drug-likeness (QED) is 0.0971. The van der Waals surface area contributed by atoms with E-state index in [0.717, 1.165) is 11.1 Å². The van der Waals surface area contributed by atoms with E-state index in [4.69, 9.17) is 24.1 Å². The van der Waals surface area contributed by atoms with Gasteiger partial charge in [0.25, 0.3) is 0 Å². The van der Waals surface area contributed by atoms with Gasteiger partial charge in [-0.25, -0.2) is 9.59 Å². The third-order valence-corrected chi connectivity index (χ3v) is 7.94. The maximum Gasteiger partial charge on any atom is 0.336 e. The number of carbonyl (C=O) groups is 2. The van der Waals surface area contributed by atoms with Crippen molar-refractivity contribution in [3.05, 3.63) is 83.1 Å². The van der Waals surface area contributed by atoms with E-state index in [1.165, 1.54) is 13.0 Å². The zero-order valence-corrected chi connectivity index (χ0v) is 27.1. The van der Waals surface area contributed by atoms with Gasteiger partial charge in [-0.3, -0.25) is 0 Å². The van der Waals surface area contributed by atoms with Gasteiger partial charge in [0.2, 0.25) is 6.29 Å². The number of aliphatic hydroxyl groups is 5. The molecule has 0 aliphatic carbocycles. The molecule has 0 amide bonds. The van der Waals surface area contributed by atoms with Crippen molar-refractivity contribution in [1.82, 2.24) is 0 Å². The number of carboxylic acid groups (broad SMARTS) is 1. The zero-order chi connectivity index (χ0) is 34.6. The van der Waals surface area contributed by atoms with Crippen molar-refractivity contribution < 1.29 is 59.2 Å². The standard InChI is InChI=1S/C34H48O12/c1-19(13-9-15-21(3)31(40)41)11-7-8-12-20(2)14-10-16-22(4)32(42)46-34-27(36)24(6)23(5)26(45-34)18-43-33-30(39)29(38)28(37)25(17-35)44-33/h7-16,23-30,33-39H,17-18H2,1-6H3,(H,40,41)/b8-7+,13-9+,14-10+,19-11+,20-12+,21-15+,22-16+/t23-,24-,25+,26+,27+,28+,29-,30+,33+,34-/m0/s1. The van der Waals surface area contributed by atoms with Crippen molar-refractivity contribution >= 4 is 11.9 Å². The summed E-state index contributed by atoms with van der Waals surface area (Å²) in [4.78, 5) is 23.6. The molecule has 0 radical (unpaired) electrons. The molecule has 2 aliphatic rings. The number of aliphatic carboxylic acids is 1.